The van der Waals surface area contributed by atoms with Crippen molar-refractivity contribution in [2.75, 3.05) is 0 Å². The minimum atomic E-state index is -0.496. The Bertz CT molecular complexity index is 1030. The minimum Gasteiger partial charge on any atom is -0.506 e. The maximum absolute atomic E-state index is 11.3. The van der Waals surface area contributed by atoms with Crippen LogP contribution in [0.3, 0.4) is 0 Å². The van der Waals surface area contributed by atoms with Gasteiger partial charge >= 0.3 is 11.4 Å². The molecule has 0 saturated heterocycles. The highest BCUT2D eigenvalue weighted by atomic mass is 16.6. The van der Waals surface area contributed by atoms with Crippen LogP contribution in [-0.2, 0) is 0 Å². The Labute approximate surface area is 140 Å². The minimum absolute atomic E-state index is 0.0598. The van der Waals surface area contributed by atoms with Crippen molar-refractivity contribution in [3.05, 3.63) is 64.4 Å². The predicted molar refractivity (Wildman–Crippen MR) is 86.4 cm³/mol. The summed E-state index contributed by atoms with van der Waals surface area (Å²) in [6.07, 6.45) is 0. The fourth-order valence-corrected chi connectivity index (χ4v) is 2.32. The van der Waals surface area contributed by atoms with Gasteiger partial charge in [0.2, 0.25) is 0 Å². The van der Waals surface area contributed by atoms with Crippen molar-refractivity contribution in [1.29, 1.82) is 0 Å². The van der Waals surface area contributed by atoms with E-state index in [9.17, 15) is 14.9 Å². The summed E-state index contributed by atoms with van der Waals surface area (Å²) >= 11 is 0. The van der Waals surface area contributed by atoms with Crippen molar-refractivity contribution >= 4 is 33.5 Å². The number of nitrogens with zero attached hydrogens (tertiary/aromatic N) is 4. The molecule has 0 amide bonds. The van der Waals surface area contributed by atoms with Gasteiger partial charge < -0.3 is 5.11 Å². The SMILES string of the molecule is O=[N+](O)c1ccc(/N=N/c2c(O)ccc3ccccc23)c([N+](=O)O)c1. The Morgan fingerprint density at radius 1 is 0.840 bits per heavy atom. The van der Waals surface area contributed by atoms with Crippen LogP contribution in [0.1, 0.15) is 0 Å². The molecule has 0 aliphatic heterocycles. The van der Waals surface area contributed by atoms with Gasteiger partial charge in [0.15, 0.2) is 5.69 Å². The Balaban J connectivity index is 2.10. The summed E-state index contributed by atoms with van der Waals surface area (Å²) in [7, 11) is 0. The Morgan fingerprint density at radius 3 is 2.32 bits per heavy atom. The molecule has 0 bridgehead atoms. The van der Waals surface area contributed by atoms with Crippen molar-refractivity contribution in [2.24, 2.45) is 10.2 Å². The Hall–Kier alpha value is -3.88. The summed E-state index contributed by atoms with van der Waals surface area (Å²) in [6.45, 7) is 0. The lowest BCUT2D eigenvalue weighted by molar-refractivity contribution is -0.735. The molecular weight excluding hydrogens is 328 g/mol. The summed E-state index contributed by atoms with van der Waals surface area (Å²) in [5.41, 5.74) is -0.528. The molecule has 0 aromatic heterocycles. The topological polar surface area (TPSA) is 126 Å². The molecule has 0 atom stereocenters. The molecule has 3 N–H and O–H groups in total. The van der Waals surface area contributed by atoms with E-state index in [1.807, 2.05) is 12.1 Å². The Kier molecular flexibility index (Phi) is 4.04. The van der Waals surface area contributed by atoms with Crippen molar-refractivity contribution in [1.82, 2.24) is 0 Å². The van der Waals surface area contributed by atoms with E-state index in [2.05, 4.69) is 10.2 Å². The lowest BCUT2D eigenvalue weighted by Crippen LogP contribution is -1.96. The van der Waals surface area contributed by atoms with Gasteiger partial charge in [-0.15, -0.1) is 10.2 Å². The van der Waals surface area contributed by atoms with Crippen LogP contribution in [0.4, 0.5) is 22.7 Å². The van der Waals surface area contributed by atoms with E-state index in [-0.39, 0.29) is 22.8 Å². The maximum Gasteiger partial charge on any atom is 0.350 e. The quantitative estimate of drug-likeness (QED) is 0.474. The van der Waals surface area contributed by atoms with Gasteiger partial charge in [-0.25, -0.2) is 10.4 Å². The Morgan fingerprint density at radius 2 is 1.60 bits per heavy atom. The molecule has 0 saturated carbocycles. The lowest BCUT2D eigenvalue weighted by atomic mass is 10.1. The molecule has 25 heavy (non-hydrogen) atoms. The molecule has 0 heterocycles. The molecule has 0 radical (unpaired) electrons. The van der Waals surface area contributed by atoms with Crippen molar-refractivity contribution in [3.8, 4) is 5.75 Å². The molecule has 0 spiro atoms. The van der Waals surface area contributed by atoms with Crippen molar-refractivity contribution in [3.63, 3.8) is 0 Å². The molecule has 0 fully saturated rings. The van der Waals surface area contributed by atoms with Crippen LogP contribution >= 0.6 is 0 Å². The van der Waals surface area contributed by atoms with Gasteiger partial charge in [-0.1, -0.05) is 30.3 Å². The van der Waals surface area contributed by atoms with Gasteiger partial charge in [-0.05, 0) is 17.5 Å². The first kappa shape index (κ1) is 16.0. The first-order valence-electron chi connectivity index (χ1n) is 7.06. The molecule has 0 aliphatic rings. The van der Waals surface area contributed by atoms with E-state index >= 15 is 0 Å². The van der Waals surface area contributed by atoms with Gasteiger partial charge in [0, 0.05) is 11.5 Å². The van der Waals surface area contributed by atoms with E-state index in [0.717, 1.165) is 11.5 Å². The van der Waals surface area contributed by atoms with Gasteiger partial charge in [0.25, 0.3) is 9.85 Å². The third-order valence-electron chi connectivity index (χ3n) is 3.52. The van der Waals surface area contributed by atoms with Crippen molar-refractivity contribution in [2.45, 2.75) is 0 Å². The number of phenols is 1. The fraction of sp³-hybridized carbons (Fsp3) is 0. The molecule has 3 aromatic carbocycles. The van der Waals surface area contributed by atoms with Crippen LogP contribution in [0.25, 0.3) is 10.8 Å². The van der Waals surface area contributed by atoms with Crippen LogP contribution in [-0.4, -0.2) is 25.4 Å². The number of benzene rings is 3. The van der Waals surface area contributed by atoms with E-state index in [1.165, 1.54) is 18.2 Å². The molecular formula is C16H12N4O5+2. The summed E-state index contributed by atoms with van der Waals surface area (Å²) in [4.78, 5) is 21.2. The van der Waals surface area contributed by atoms with E-state index in [0.29, 0.717) is 5.39 Å². The number of rotatable bonds is 4. The van der Waals surface area contributed by atoms with Crippen molar-refractivity contribution < 1.29 is 25.4 Å². The highest BCUT2D eigenvalue weighted by Crippen LogP contribution is 2.37. The zero-order valence-electron chi connectivity index (χ0n) is 12.6. The second-order valence-corrected chi connectivity index (χ2v) is 5.07. The van der Waals surface area contributed by atoms with Gasteiger partial charge in [0.1, 0.15) is 17.5 Å². The second kappa shape index (κ2) is 6.32. The number of azo groups is 1. The van der Waals surface area contributed by atoms with E-state index in [4.69, 9.17) is 10.4 Å². The largest absolute Gasteiger partial charge is 0.506 e. The fourth-order valence-electron chi connectivity index (χ4n) is 2.32. The zero-order chi connectivity index (χ0) is 18.0. The molecule has 3 rings (SSSR count). The van der Waals surface area contributed by atoms with E-state index < -0.39 is 15.5 Å². The zero-order valence-corrected chi connectivity index (χ0v) is 12.6. The molecule has 0 unspecified atom stereocenters. The summed E-state index contributed by atoms with van der Waals surface area (Å²) in [5, 5.41) is 37.4. The smallest absolute Gasteiger partial charge is 0.350 e. The first-order valence-corrected chi connectivity index (χ1v) is 7.06. The lowest BCUT2D eigenvalue weighted by Gasteiger charge is -2.03. The predicted octanol–water partition coefficient (Wildman–Crippen LogP) is 4.56. The molecule has 0 aliphatic carbocycles. The van der Waals surface area contributed by atoms with E-state index in [1.54, 1.807) is 18.2 Å². The number of phenolic OH excluding ortho intramolecular Hbond substituents is 1. The average Bonchev–Trinajstić information content (AvgIpc) is 2.60. The molecule has 9 heteroatoms. The van der Waals surface area contributed by atoms with Crippen LogP contribution in [0.15, 0.2) is 64.8 Å². The van der Waals surface area contributed by atoms with Crippen LogP contribution < -0.4 is 0 Å². The van der Waals surface area contributed by atoms with Gasteiger partial charge in [-0.3, -0.25) is 0 Å². The highest BCUT2D eigenvalue weighted by molar-refractivity contribution is 5.95. The molecule has 124 valence electrons. The number of hydrogen-bond donors (Lipinski definition) is 3. The third-order valence-corrected chi connectivity index (χ3v) is 3.52. The monoisotopic (exact) mass is 340 g/mol. The first-order chi connectivity index (χ1) is 12.0. The van der Waals surface area contributed by atoms with Gasteiger partial charge in [0.05, 0.1) is 9.81 Å². The second-order valence-electron chi connectivity index (χ2n) is 5.07. The maximum atomic E-state index is 11.3. The summed E-state index contributed by atoms with van der Waals surface area (Å²) in [6, 6.07) is 13.7. The van der Waals surface area contributed by atoms with Gasteiger partial charge in [-0.2, -0.15) is 0 Å². The van der Waals surface area contributed by atoms with Crippen LogP contribution in [0.2, 0.25) is 0 Å². The molecule has 3 aromatic rings. The summed E-state index contributed by atoms with van der Waals surface area (Å²) < 4.78 is 0. The third kappa shape index (κ3) is 3.11. The average molecular weight is 340 g/mol. The standard InChI is InChI=1S/C16H11N4O5/c21-15-8-5-10-3-1-2-4-12(10)16(15)18-17-13-7-6-11(19(22)23)9-14(13)20(24)25/h1-9H,(H2-,17,21,22,23,24,25)/q+1/p+1. The summed E-state index contributed by atoms with van der Waals surface area (Å²) in [5.74, 6) is -0.107. The van der Waals surface area contributed by atoms with Crippen LogP contribution in [0, 0.1) is 9.81 Å². The number of hydrogen-bond acceptors (Lipinski definition) is 5. The normalized spacial score (nSPS) is 11.0. The number of aromatic hydroxyl groups is 1. The molecule has 9 nitrogen and oxygen atoms in total. The highest BCUT2D eigenvalue weighted by Gasteiger charge is 2.25. The van der Waals surface area contributed by atoms with Crippen LogP contribution in [0.5, 0.6) is 5.75 Å². The number of fused-ring (bicyclic) bond motifs is 1.